The summed E-state index contributed by atoms with van der Waals surface area (Å²) in [6.45, 7) is 4.80. The molecule has 3 aliphatic heterocycles. The third kappa shape index (κ3) is 5.99. The van der Waals surface area contributed by atoms with Gasteiger partial charge in [-0.1, -0.05) is 12.7 Å². The van der Waals surface area contributed by atoms with E-state index in [4.69, 9.17) is 28.8 Å². The Morgan fingerprint density at radius 3 is 2.76 bits per heavy atom. The Hall–Kier alpha value is -3.31. The van der Waals surface area contributed by atoms with Crippen molar-refractivity contribution in [2.45, 2.75) is 63.5 Å². The van der Waals surface area contributed by atoms with Crippen molar-refractivity contribution in [2.24, 2.45) is 0 Å². The van der Waals surface area contributed by atoms with Crippen molar-refractivity contribution < 1.29 is 43.2 Å². The molecule has 11 heteroatoms. The Labute approximate surface area is 215 Å². The van der Waals surface area contributed by atoms with Crippen molar-refractivity contribution in [1.82, 2.24) is 4.90 Å². The Balaban J connectivity index is 1.76. The summed E-state index contributed by atoms with van der Waals surface area (Å²) in [6, 6.07) is 2.71. The number of nitrogens with zero attached hydrogens (tertiary/aromatic N) is 2. The lowest BCUT2D eigenvalue weighted by molar-refractivity contribution is -0.195. The first kappa shape index (κ1) is 26.7. The molecule has 2 amide bonds. The third-order valence-electron chi connectivity index (χ3n) is 6.66. The van der Waals surface area contributed by atoms with Crippen LogP contribution in [0.25, 0.3) is 0 Å². The van der Waals surface area contributed by atoms with Gasteiger partial charge in [-0.05, 0) is 44.6 Å². The van der Waals surface area contributed by atoms with Crippen LogP contribution in [0.1, 0.15) is 55.3 Å². The van der Waals surface area contributed by atoms with E-state index in [1.807, 2.05) is 0 Å². The second-order valence-corrected chi connectivity index (χ2v) is 9.13. The number of carbonyl (C=O) groups excluding carboxylic acids is 2. The average Bonchev–Trinajstić information content (AvgIpc) is 3.36. The number of fused-ring (bicyclic) bond motifs is 2. The van der Waals surface area contributed by atoms with Gasteiger partial charge in [0.05, 0.1) is 31.0 Å². The van der Waals surface area contributed by atoms with E-state index < -0.39 is 30.6 Å². The zero-order chi connectivity index (χ0) is 26.4. The number of amides is 2. The maximum atomic E-state index is 13.7. The molecule has 0 radical (unpaired) electrons. The number of carboxylic acid groups (broad SMARTS) is 1. The molecule has 2 saturated heterocycles. The van der Waals surface area contributed by atoms with E-state index in [9.17, 15) is 14.4 Å². The van der Waals surface area contributed by atoms with Gasteiger partial charge in [-0.15, -0.1) is 0 Å². The first-order valence-electron chi connectivity index (χ1n) is 12.7. The molecular formula is C26H34N2O9. The molecule has 4 rings (SSSR count). The molecule has 3 atom stereocenters. The van der Waals surface area contributed by atoms with Crippen molar-refractivity contribution in [3.05, 3.63) is 30.4 Å². The molecule has 0 spiro atoms. The number of hydrogen-bond donors (Lipinski definition) is 1. The van der Waals surface area contributed by atoms with E-state index in [0.29, 0.717) is 31.7 Å². The summed E-state index contributed by atoms with van der Waals surface area (Å²) >= 11 is 0. The SMILES string of the molecule is C=CCOC(=O)N1c2cc(OCCCC(=O)O)c(OC)cc2C(=O)N2CCC[C@H]2C1OC1CCCCO1. The van der Waals surface area contributed by atoms with Gasteiger partial charge in [0.25, 0.3) is 5.91 Å². The average molecular weight is 519 g/mol. The molecule has 2 unspecified atom stereocenters. The highest BCUT2D eigenvalue weighted by atomic mass is 16.7. The Kier molecular flexibility index (Phi) is 8.88. The van der Waals surface area contributed by atoms with Gasteiger partial charge in [-0.3, -0.25) is 9.59 Å². The molecule has 37 heavy (non-hydrogen) atoms. The largest absolute Gasteiger partial charge is 0.493 e. The Bertz CT molecular complexity index is 1010. The van der Waals surface area contributed by atoms with Crippen LogP contribution < -0.4 is 14.4 Å². The van der Waals surface area contributed by atoms with Crippen molar-refractivity contribution >= 4 is 23.7 Å². The summed E-state index contributed by atoms with van der Waals surface area (Å²) in [4.78, 5) is 41.2. The predicted octanol–water partition coefficient (Wildman–Crippen LogP) is 3.56. The third-order valence-corrected chi connectivity index (χ3v) is 6.66. The molecular weight excluding hydrogens is 484 g/mol. The fourth-order valence-electron chi connectivity index (χ4n) is 4.93. The number of methoxy groups -OCH3 is 1. The predicted molar refractivity (Wildman–Crippen MR) is 132 cm³/mol. The number of aliphatic carboxylic acids is 1. The van der Waals surface area contributed by atoms with Crippen molar-refractivity contribution in [1.29, 1.82) is 0 Å². The lowest BCUT2D eigenvalue weighted by Gasteiger charge is -2.38. The van der Waals surface area contributed by atoms with E-state index >= 15 is 0 Å². The number of carbonyl (C=O) groups is 3. The van der Waals surface area contributed by atoms with Gasteiger partial charge in [0.2, 0.25) is 0 Å². The fourth-order valence-corrected chi connectivity index (χ4v) is 4.93. The number of rotatable bonds is 10. The summed E-state index contributed by atoms with van der Waals surface area (Å²) in [6.07, 6.45) is 3.62. The van der Waals surface area contributed by atoms with Crippen LogP contribution in [0, 0.1) is 0 Å². The van der Waals surface area contributed by atoms with E-state index in [2.05, 4.69) is 6.58 Å². The maximum absolute atomic E-state index is 13.7. The number of benzene rings is 1. The van der Waals surface area contributed by atoms with Crippen LogP contribution >= 0.6 is 0 Å². The zero-order valence-electron chi connectivity index (χ0n) is 21.1. The minimum Gasteiger partial charge on any atom is -0.493 e. The van der Waals surface area contributed by atoms with Crippen molar-refractivity contribution in [3.8, 4) is 11.5 Å². The van der Waals surface area contributed by atoms with Gasteiger partial charge in [0.15, 0.2) is 24.0 Å². The van der Waals surface area contributed by atoms with Gasteiger partial charge in [0.1, 0.15) is 6.61 Å². The first-order chi connectivity index (χ1) is 17.9. The number of hydrogen-bond acceptors (Lipinski definition) is 8. The highest BCUT2D eigenvalue weighted by Crippen LogP contribution is 2.42. The van der Waals surface area contributed by atoms with E-state index in [-0.39, 0.29) is 49.0 Å². The van der Waals surface area contributed by atoms with E-state index in [0.717, 1.165) is 19.3 Å². The van der Waals surface area contributed by atoms with Gasteiger partial charge in [-0.25, -0.2) is 9.69 Å². The number of ether oxygens (including phenoxy) is 5. The van der Waals surface area contributed by atoms with Gasteiger partial charge >= 0.3 is 12.1 Å². The Morgan fingerprint density at radius 2 is 2.05 bits per heavy atom. The molecule has 202 valence electrons. The summed E-state index contributed by atoms with van der Waals surface area (Å²) in [7, 11) is 1.45. The van der Waals surface area contributed by atoms with E-state index in [1.54, 1.807) is 17.0 Å². The minimum atomic E-state index is -0.926. The molecule has 2 fully saturated rings. The molecule has 0 aromatic heterocycles. The second kappa shape index (κ2) is 12.3. The minimum absolute atomic E-state index is 0.0195. The molecule has 0 saturated carbocycles. The first-order valence-corrected chi connectivity index (χ1v) is 12.7. The molecule has 3 heterocycles. The van der Waals surface area contributed by atoms with E-state index in [1.165, 1.54) is 18.1 Å². The molecule has 1 N–H and O–H groups in total. The smallest absolute Gasteiger partial charge is 0.416 e. The maximum Gasteiger partial charge on any atom is 0.416 e. The lowest BCUT2D eigenvalue weighted by Crippen LogP contribution is -2.54. The van der Waals surface area contributed by atoms with Crippen LogP contribution in [-0.2, 0) is 19.0 Å². The monoisotopic (exact) mass is 518 g/mol. The van der Waals surface area contributed by atoms with Gasteiger partial charge in [0, 0.05) is 25.6 Å². The molecule has 3 aliphatic rings. The van der Waals surface area contributed by atoms with Crippen LogP contribution in [-0.4, -0.2) is 80.0 Å². The topological polar surface area (TPSA) is 124 Å². The van der Waals surface area contributed by atoms with Crippen LogP contribution in [0.3, 0.4) is 0 Å². The van der Waals surface area contributed by atoms with Crippen LogP contribution in [0.2, 0.25) is 0 Å². The zero-order valence-corrected chi connectivity index (χ0v) is 21.1. The van der Waals surface area contributed by atoms with Crippen LogP contribution in [0.5, 0.6) is 11.5 Å². The van der Waals surface area contributed by atoms with Crippen molar-refractivity contribution in [2.75, 3.05) is 38.4 Å². The fraction of sp³-hybridized carbons (Fsp3) is 0.577. The van der Waals surface area contributed by atoms with Crippen LogP contribution in [0.15, 0.2) is 24.8 Å². The number of anilines is 1. The molecule has 1 aromatic carbocycles. The molecule has 0 bridgehead atoms. The highest BCUT2D eigenvalue weighted by Gasteiger charge is 2.47. The molecule has 11 nitrogen and oxygen atoms in total. The normalized spacial score (nSPS) is 23.1. The van der Waals surface area contributed by atoms with Gasteiger partial charge in [-0.2, -0.15) is 0 Å². The highest BCUT2D eigenvalue weighted by molar-refractivity contribution is 6.06. The second-order valence-electron chi connectivity index (χ2n) is 9.13. The Morgan fingerprint density at radius 1 is 1.22 bits per heavy atom. The lowest BCUT2D eigenvalue weighted by atomic mass is 10.1. The summed E-state index contributed by atoms with van der Waals surface area (Å²) in [5, 5.41) is 8.93. The summed E-state index contributed by atoms with van der Waals surface area (Å²) < 4.78 is 29.0. The van der Waals surface area contributed by atoms with Gasteiger partial charge < -0.3 is 33.7 Å². The summed E-state index contributed by atoms with van der Waals surface area (Å²) in [5.74, 6) is -0.599. The summed E-state index contributed by atoms with van der Waals surface area (Å²) in [5.41, 5.74) is 0.524. The molecule has 0 aliphatic carbocycles. The number of carboxylic acids is 1. The molecule has 1 aromatic rings. The quantitative estimate of drug-likeness (QED) is 0.366. The van der Waals surface area contributed by atoms with Crippen molar-refractivity contribution in [3.63, 3.8) is 0 Å². The standard InChI is InChI=1S/C26H34N2O9/c1-3-12-36-26(32)28-19-16-21(34-14-7-9-22(29)30)20(33-2)15-17(19)24(31)27-11-6-8-18(27)25(28)37-23-10-4-5-13-35-23/h3,15-16,18,23,25H,1,4-14H2,2H3,(H,29,30)/t18-,23?,25?/m0/s1. The van der Waals surface area contributed by atoms with Crippen LogP contribution in [0.4, 0.5) is 10.5 Å².